The predicted molar refractivity (Wildman–Crippen MR) is 81.5 cm³/mol. The summed E-state index contributed by atoms with van der Waals surface area (Å²) < 4.78 is 7.76. The molecule has 0 bridgehead atoms. The van der Waals surface area contributed by atoms with Crippen LogP contribution < -0.4 is 15.4 Å². The van der Waals surface area contributed by atoms with Crippen molar-refractivity contribution in [1.82, 2.24) is 15.1 Å². The van der Waals surface area contributed by atoms with Gasteiger partial charge in [-0.1, -0.05) is 18.2 Å². The Morgan fingerprint density at radius 3 is 3.29 bits per heavy atom. The van der Waals surface area contributed by atoms with Crippen LogP contribution in [0.3, 0.4) is 0 Å². The smallest absolute Gasteiger partial charge is 0.124 e. The van der Waals surface area contributed by atoms with Crippen molar-refractivity contribution < 1.29 is 4.74 Å². The molecule has 2 aliphatic heterocycles. The molecule has 110 valence electrons. The van der Waals surface area contributed by atoms with Gasteiger partial charge in [-0.3, -0.25) is 0 Å². The summed E-state index contributed by atoms with van der Waals surface area (Å²) in [5, 5.41) is 11.5. The molecule has 0 fully saturated rings. The van der Waals surface area contributed by atoms with Crippen molar-refractivity contribution in [1.29, 1.82) is 0 Å². The van der Waals surface area contributed by atoms with Gasteiger partial charge in [0.15, 0.2) is 0 Å². The highest BCUT2D eigenvalue weighted by atomic mass is 16.5. The van der Waals surface area contributed by atoms with E-state index >= 15 is 0 Å². The van der Waals surface area contributed by atoms with Gasteiger partial charge < -0.3 is 15.4 Å². The SMILES string of the molecule is c1ccc2c(c1)OCC[C@@H]2NC[C@H]1CNc2ccnn2C1. The van der Waals surface area contributed by atoms with Crippen LogP contribution in [0.5, 0.6) is 5.75 Å². The summed E-state index contributed by atoms with van der Waals surface area (Å²) in [7, 11) is 0. The molecule has 21 heavy (non-hydrogen) atoms. The Kier molecular flexibility index (Phi) is 3.27. The van der Waals surface area contributed by atoms with E-state index < -0.39 is 0 Å². The molecule has 0 aliphatic carbocycles. The Labute approximate surface area is 124 Å². The topological polar surface area (TPSA) is 51.1 Å². The molecular weight excluding hydrogens is 264 g/mol. The summed E-state index contributed by atoms with van der Waals surface area (Å²) in [4.78, 5) is 0. The second-order valence-corrected chi connectivity index (χ2v) is 5.78. The van der Waals surface area contributed by atoms with E-state index in [-0.39, 0.29) is 0 Å². The van der Waals surface area contributed by atoms with Gasteiger partial charge in [-0.2, -0.15) is 5.10 Å². The monoisotopic (exact) mass is 284 g/mol. The third-order valence-corrected chi connectivity index (χ3v) is 4.33. The summed E-state index contributed by atoms with van der Waals surface area (Å²) in [6.45, 7) is 3.77. The first-order valence-corrected chi connectivity index (χ1v) is 7.61. The van der Waals surface area contributed by atoms with Gasteiger partial charge >= 0.3 is 0 Å². The highest BCUT2D eigenvalue weighted by Crippen LogP contribution is 2.31. The molecule has 5 nitrogen and oxygen atoms in total. The number of rotatable bonds is 3. The summed E-state index contributed by atoms with van der Waals surface area (Å²) in [5.41, 5.74) is 1.28. The number of hydrogen-bond donors (Lipinski definition) is 2. The van der Waals surface area contributed by atoms with E-state index in [0.29, 0.717) is 12.0 Å². The van der Waals surface area contributed by atoms with Gasteiger partial charge in [0.05, 0.1) is 12.8 Å². The molecule has 2 N–H and O–H groups in total. The van der Waals surface area contributed by atoms with Crippen molar-refractivity contribution in [3.8, 4) is 5.75 Å². The van der Waals surface area contributed by atoms with E-state index in [9.17, 15) is 0 Å². The second-order valence-electron chi connectivity index (χ2n) is 5.78. The number of nitrogens with zero attached hydrogens (tertiary/aromatic N) is 2. The number of nitrogens with one attached hydrogen (secondary N) is 2. The van der Waals surface area contributed by atoms with Gasteiger partial charge in [0, 0.05) is 49.6 Å². The van der Waals surface area contributed by atoms with Crippen molar-refractivity contribution in [2.24, 2.45) is 5.92 Å². The minimum atomic E-state index is 0.397. The number of ether oxygens (including phenoxy) is 1. The largest absolute Gasteiger partial charge is 0.493 e. The van der Waals surface area contributed by atoms with Crippen LogP contribution in [0.1, 0.15) is 18.0 Å². The summed E-state index contributed by atoms with van der Waals surface area (Å²) in [5.74, 6) is 2.72. The van der Waals surface area contributed by atoms with E-state index in [1.807, 2.05) is 23.0 Å². The van der Waals surface area contributed by atoms with E-state index in [0.717, 1.165) is 44.2 Å². The van der Waals surface area contributed by atoms with Crippen LogP contribution in [-0.4, -0.2) is 29.5 Å². The molecule has 2 atom stereocenters. The standard InChI is InChI=1S/C16H20N4O/c1-2-4-15-13(3-1)14(6-8-21-15)17-9-12-10-18-16-5-7-19-20(16)11-12/h1-5,7,12,14,17-18H,6,8-11H2/t12-,14-/m0/s1. The average Bonchev–Trinajstić information content (AvgIpc) is 3.00. The first-order chi connectivity index (χ1) is 10.4. The van der Waals surface area contributed by atoms with Gasteiger partial charge in [0.25, 0.3) is 0 Å². The molecule has 2 aromatic rings. The molecule has 1 aromatic carbocycles. The van der Waals surface area contributed by atoms with Crippen LogP contribution in [0, 0.1) is 5.92 Å². The number of hydrogen-bond acceptors (Lipinski definition) is 4. The van der Waals surface area contributed by atoms with Crippen LogP contribution in [0.25, 0.3) is 0 Å². The lowest BCUT2D eigenvalue weighted by molar-refractivity contribution is 0.245. The van der Waals surface area contributed by atoms with Gasteiger partial charge in [-0.05, 0) is 6.07 Å². The quantitative estimate of drug-likeness (QED) is 0.905. The van der Waals surface area contributed by atoms with Crippen molar-refractivity contribution in [3.63, 3.8) is 0 Å². The molecule has 2 aliphatic rings. The Balaban J connectivity index is 1.40. The lowest BCUT2D eigenvalue weighted by atomic mass is 9.99. The van der Waals surface area contributed by atoms with Gasteiger partial charge in [-0.15, -0.1) is 0 Å². The summed E-state index contributed by atoms with van der Waals surface area (Å²) >= 11 is 0. The third-order valence-electron chi connectivity index (χ3n) is 4.33. The van der Waals surface area contributed by atoms with E-state index in [1.165, 1.54) is 5.56 Å². The van der Waals surface area contributed by atoms with Crippen LogP contribution >= 0.6 is 0 Å². The highest BCUT2D eigenvalue weighted by Gasteiger charge is 2.23. The van der Waals surface area contributed by atoms with Gasteiger partial charge in [-0.25, -0.2) is 4.68 Å². The maximum absolute atomic E-state index is 5.72. The van der Waals surface area contributed by atoms with E-state index in [1.54, 1.807) is 0 Å². The number of benzene rings is 1. The molecular formula is C16H20N4O. The predicted octanol–water partition coefficient (Wildman–Crippen LogP) is 2.04. The molecule has 0 saturated heterocycles. The number of aromatic nitrogens is 2. The molecule has 0 saturated carbocycles. The molecule has 0 radical (unpaired) electrons. The zero-order valence-electron chi connectivity index (χ0n) is 12.0. The molecule has 4 rings (SSSR count). The molecule has 1 aromatic heterocycles. The Morgan fingerprint density at radius 1 is 1.33 bits per heavy atom. The molecule has 5 heteroatoms. The minimum Gasteiger partial charge on any atom is -0.493 e. The highest BCUT2D eigenvalue weighted by molar-refractivity contribution is 5.37. The van der Waals surface area contributed by atoms with Crippen molar-refractivity contribution in [2.75, 3.05) is 25.0 Å². The zero-order valence-corrected chi connectivity index (χ0v) is 12.0. The van der Waals surface area contributed by atoms with Crippen molar-refractivity contribution >= 4 is 5.82 Å². The normalized spacial score (nSPS) is 23.6. The average molecular weight is 284 g/mol. The van der Waals surface area contributed by atoms with Gasteiger partial charge in [0.2, 0.25) is 0 Å². The fraction of sp³-hybridized carbons (Fsp3) is 0.438. The molecule has 0 spiro atoms. The summed E-state index contributed by atoms with van der Waals surface area (Å²) in [6.07, 6.45) is 2.89. The van der Waals surface area contributed by atoms with Crippen molar-refractivity contribution in [3.05, 3.63) is 42.1 Å². The maximum Gasteiger partial charge on any atom is 0.124 e. The fourth-order valence-corrected chi connectivity index (χ4v) is 3.19. The van der Waals surface area contributed by atoms with E-state index in [4.69, 9.17) is 4.74 Å². The van der Waals surface area contributed by atoms with Crippen LogP contribution in [-0.2, 0) is 6.54 Å². The third kappa shape index (κ3) is 2.49. The molecule has 3 heterocycles. The fourth-order valence-electron chi connectivity index (χ4n) is 3.19. The molecule has 0 unspecified atom stereocenters. The maximum atomic E-state index is 5.72. The number of para-hydroxylation sites is 1. The van der Waals surface area contributed by atoms with Crippen LogP contribution in [0.2, 0.25) is 0 Å². The van der Waals surface area contributed by atoms with Gasteiger partial charge in [0.1, 0.15) is 11.6 Å². The lowest BCUT2D eigenvalue weighted by Gasteiger charge is -2.30. The van der Waals surface area contributed by atoms with E-state index in [2.05, 4.69) is 33.9 Å². The Hall–Kier alpha value is -2.01. The Bertz CT molecular complexity index is 624. The second kappa shape index (κ2) is 5.41. The first-order valence-electron chi connectivity index (χ1n) is 7.61. The summed E-state index contributed by atoms with van der Waals surface area (Å²) in [6, 6.07) is 10.8. The number of anilines is 1. The van der Waals surface area contributed by atoms with Crippen LogP contribution in [0.4, 0.5) is 5.82 Å². The Morgan fingerprint density at radius 2 is 2.29 bits per heavy atom. The first kappa shape index (κ1) is 12.7. The van der Waals surface area contributed by atoms with Crippen molar-refractivity contribution in [2.45, 2.75) is 19.0 Å². The minimum absolute atomic E-state index is 0.397. The van der Waals surface area contributed by atoms with Crippen LogP contribution in [0.15, 0.2) is 36.5 Å². The molecule has 0 amide bonds. The lowest BCUT2D eigenvalue weighted by Crippen LogP contribution is -2.37. The number of fused-ring (bicyclic) bond motifs is 2. The zero-order chi connectivity index (χ0) is 14.1.